The molecule has 134 valence electrons. The minimum Gasteiger partial charge on any atom is -0.466 e. The highest BCUT2D eigenvalue weighted by atomic mass is 32.2. The lowest BCUT2D eigenvalue weighted by Crippen LogP contribution is -2.39. The predicted molar refractivity (Wildman–Crippen MR) is 87.8 cm³/mol. The molecule has 1 aromatic rings. The first-order valence-electron chi connectivity index (χ1n) is 7.71. The highest BCUT2D eigenvalue weighted by molar-refractivity contribution is 7.88. The van der Waals surface area contributed by atoms with Crippen LogP contribution in [0.25, 0.3) is 0 Å². The molecule has 2 amide bonds. The maximum Gasteiger partial charge on any atom is 0.223 e. The van der Waals surface area contributed by atoms with Crippen LogP contribution in [0.5, 0.6) is 0 Å². The largest absolute Gasteiger partial charge is 0.466 e. The van der Waals surface area contributed by atoms with Crippen LogP contribution in [0.15, 0.2) is 16.5 Å². The molecule has 2 rings (SSSR count). The number of carbonyl (C=O) groups is 2. The van der Waals surface area contributed by atoms with E-state index in [9.17, 15) is 18.0 Å². The number of hydrogen-bond acceptors (Lipinski definition) is 5. The summed E-state index contributed by atoms with van der Waals surface area (Å²) in [6.07, 6.45) is 1.12. The summed E-state index contributed by atoms with van der Waals surface area (Å²) in [6.45, 7) is 4.14. The van der Waals surface area contributed by atoms with Gasteiger partial charge in [0.25, 0.3) is 0 Å². The molecule has 2 atom stereocenters. The van der Waals surface area contributed by atoms with Crippen LogP contribution in [0.1, 0.15) is 30.8 Å². The number of nitrogens with one attached hydrogen (secondary N) is 2. The quantitative estimate of drug-likeness (QED) is 0.742. The zero-order chi connectivity index (χ0) is 17.9. The van der Waals surface area contributed by atoms with Crippen LogP contribution in [0, 0.1) is 6.92 Å². The molecular formula is C15H23N3O5S. The van der Waals surface area contributed by atoms with Crippen molar-refractivity contribution in [3.05, 3.63) is 23.7 Å². The summed E-state index contributed by atoms with van der Waals surface area (Å²) >= 11 is 0. The van der Waals surface area contributed by atoms with Crippen molar-refractivity contribution in [3.8, 4) is 0 Å². The van der Waals surface area contributed by atoms with Gasteiger partial charge in [0, 0.05) is 33.0 Å². The summed E-state index contributed by atoms with van der Waals surface area (Å²) in [4.78, 5) is 25.3. The molecule has 0 bridgehead atoms. The predicted octanol–water partition coefficient (Wildman–Crippen LogP) is -0.0422. The van der Waals surface area contributed by atoms with E-state index in [1.54, 1.807) is 4.90 Å². The van der Waals surface area contributed by atoms with Crippen molar-refractivity contribution in [2.45, 2.75) is 32.2 Å². The standard InChI is InChI=1S/C15H23N3O5S/c1-10-4-5-14(23-10)12-8-18(9-13(12)17-11(2)19)15(20)6-7-16-24(3,21)22/h4-5,12-13,16H,6-9H2,1-3H3,(H,17,19)/t12-,13-/m0/s1. The summed E-state index contributed by atoms with van der Waals surface area (Å²) in [6, 6.07) is 3.48. The third kappa shape index (κ3) is 5.07. The molecule has 9 heteroatoms. The van der Waals surface area contributed by atoms with Gasteiger partial charge in [-0.15, -0.1) is 0 Å². The summed E-state index contributed by atoms with van der Waals surface area (Å²) in [5, 5.41) is 2.86. The Labute approximate surface area is 141 Å². The van der Waals surface area contributed by atoms with Crippen molar-refractivity contribution in [3.63, 3.8) is 0 Å². The van der Waals surface area contributed by atoms with Crippen molar-refractivity contribution in [2.75, 3.05) is 25.9 Å². The van der Waals surface area contributed by atoms with Gasteiger partial charge in [0.05, 0.1) is 18.2 Å². The summed E-state index contributed by atoms with van der Waals surface area (Å²) in [7, 11) is -3.31. The summed E-state index contributed by atoms with van der Waals surface area (Å²) in [5.74, 6) is 1.06. The molecule has 8 nitrogen and oxygen atoms in total. The minimum absolute atomic E-state index is 0.0590. The smallest absolute Gasteiger partial charge is 0.223 e. The Morgan fingerprint density at radius 3 is 2.58 bits per heavy atom. The van der Waals surface area contributed by atoms with E-state index < -0.39 is 10.0 Å². The monoisotopic (exact) mass is 357 g/mol. The second-order valence-corrected chi connectivity index (χ2v) is 7.91. The van der Waals surface area contributed by atoms with E-state index in [4.69, 9.17) is 4.42 Å². The van der Waals surface area contributed by atoms with Crippen LogP contribution in [0.3, 0.4) is 0 Å². The maximum atomic E-state index is 12.3. The fraction of sp³-hybridized carbons (Fsp3) is 0.600. The molecule has 0 aromatic carbocycles. The Morgan fingerprint density at radius 2 is 2.04 bits per heavy atom. The molecule has 1 aliphatic rings. The lowest BCUT2D eigenvalue weighted by Gasteiger charge is -2.17. The molecule has 2 heterocycles. The van der Waals surface area contributed by atoms with Crippen molar-refractivity contribution in [1.29, 1.82) is 0 Å². The third-order valence-electron chi connectivity index (χ3n) is 3.89. The molecule has 24 heavy (non-hydrogen) atoms. The van der Waals surface area contributed by atoms with Gasteiger partial charge in [0.2, 0.25) is 21.8 Å². The molecule has 0 aliphatic carbocycles. The Morgan fingerprint density at radius 1 is 1.33 bits per heavy atom. The van der Waals surface area contributed by atoms with Gasteiger partial charge in [-0.2, -0.15) is 0 Å². The van der Waals surface area contributed by atoms with Gasteiger partial charge < -0.3 is 14.6 Å². The van der Waals surface area contributed by atoms with Gasteiger partial charge in [-0.05, 0) is 19.1 Å². The first-order chi connectivity index (χ1) is 11.2. The number of carbonyl (C=O) groups excluding carboxylic acids is 2. The van der Waals surface area contributed by atoms with E-state index in [1.807, 2.05) is 19.1 Å². The van der Waals surface area contributed by atoms with Crippen molar-refractivity contribution in [1.82, 2.24) is 14.9 Å². The van der Waals surface area contributed by atoms with Crippen molar-refractivity contribution < 1.29 is 22.4 Å². The van der Waals surface area contributed by atoms with E-state index in [2.05, 4.69) is 10.0 Å². The van der Waals surface area contributed by atoms with Crippen LogP contribution < -0.4 is 10.0 Å². The van der Waals surface area contributed by atoms with Crippen LogP contribution in [0.4, 0.5) is 0 Å². The average Bonchev–Trinajstić information content (AvgIpc) is 3.03. The topological polar surface area (TPSA) is 109 Å². The maximum absolute atomic E-state index is 12.3. The van der Waals surface area contributed by atoms with E-state index in [-0.39, 0.29) is 36.7 Å². The number of nitrogens with zero attached hydrogens (tertiary/aromatic N) is 1. The first-order valence-corrected chi connectivity index (χ1v) is 9.60. The van der Waals surface area contributed by atoms with E-state index in [0.717, 1.165) is 17.8 Å². The summed E-state index contributed by atoms with van der Waals surface area (Å²) in [5.41, 5.74) is 0. The molecule has 1 fully saturated rings. The van der Waals surface area contributed by atoms with Gasteiger partial charge in [-0.3, -0.25) is 9.59 Å². The Bertz CT molecular complexity index is 712. The Kier molecular flexibility index (Phi) is 5.66. The SMILES string of the molecule is CC(=O)N[C@H]1CN(C(=O)CCNS(C)(=O)=O)C[C@@H]1c1ccc(C)o1. The molecule has 0 saturated carbocycles. The number of furan rings is 1. The number of aryl methyl sites for hydroxylation is 1. The number of sulfonamides is 1. The van der Waals surface area contributed by atoms with Gasteiger partial charge in [0.15, 0.2) is 0 Å². The molecule has 1 aromatic heterocycles. The van der Waals surface area contributed by atoms with Crippen LogP contribution in [-0.4, -0.2) is 57.1 Å². The second kappa shape index (κ2) is 7.35. The van der Waals surface area contributed by atoms with Gasteiger partial charge in [-0.25, -0.2) is 13.1 Å². The van der Waals surface area contributed by atoms with Crippen molar-refractivity contribution in [2.24, 2.45) is 0 Å². The number of amides is 2. The van der Waals surface area contributed by atoms with E-state index in [1.165, 1.54) is 6.92 Å². The molecule has 0 spiro atoms. The zero-order valence-electron chi connectivity index (χ0n) is 14.0. The molecule has 0 unspecified atom stereocenters. The van der Waals surface area contributed by atoms with Gasteiger partial charge in [0.1, 0.15) is 11.5 Å². The highest BCUT2D eigenvalue weighted by Gasteiger charge is 2.38. The number of hydrogen-bond donors (Lipinski definition) is 2. The summed E-state index contributed by atoms with van der Waals surface area (Å²) < 4.78 is 30.1. The highest BCUT2D eigenvalue weighted by Crippen LogP contribution is 2.29. The van der Waals surface area contributed by atoms with Crippen LogP contribution in [-0.2, 0) is 19.6 Å². The molecular weight excluding hydrogens is 334 g/mol. The van der Waals surface area contributed by atoms with Crippen molar-refractivity contribution >= 4 is 21.8 Å². The number of rotatable bonds is 6. The normalized spacial score (nSPS) is 21.0. The zero-order valence-corrected chi connectivity index (χ0v) is 14.9. The Balaban J connectivity index is 2.02. The van der Waals surface area contributed by atoms with Crippen LogP contribution >= 0.6 is 0 Å². The lowest BCUT2D eigenvalue weighted by atomic mass is 10.0. The number of likely N-dealkylation sites (tertiary alicyclic amines) is 1. The molecule has 0 radical (unpaired) electrons. The fourth-order valence-electron chi connectivity index (χ4n) is 2.86. The second-order valence-electron chi connectivity index (χ2n) is 6.08. The molecule has 1 aliphatic heterocycles. The minimum atomic E-state index is -3.31. The van der Waals surface area contributed by atoms with Crippen LogP contribution in [0.2, 0.25) is 0 Å². The average molecular weight is 357 g/mol. The lowest BCUT2D eigenvalue weighted by molar-refractivity contribution is -0.130. The van der Waals surface area contributed by atoms with E-state index in [0.29, 0.717) is 13.1 Å². The molecule has 1 saturated heterocycles. The first kappa shape index (κ1) is 18.5. The third-order valence-corrected chi connectivity index (χ3v) is 4.62. The van der Waals surface area contributed by atoms with Gasteiger partial charge >= 0.3 is 0 Å². The van der Waals surface area contributed by atoms with E-state index >= 15 is 0 Å². The fourth-order valence-corrected chi connectivity index (χ4v) is 3.33. The van der Waals surface area contributed by atoms with Gasteiger partial charge in [-0.1, -0.05) is 0 Å². The molecule has 2 N–H and O–H groups in total. The Hall–Kier alpha value is -1.87.